The number of benzene rings is 1. The number of carbonyl (C=O) groups is 1. The van der Waals surface area contributed by atoms with Gasteiger partial charge >= 0.3 is 0 Å². The molecule has 2 rings (SSSR count). The highest BCUT2D eigenvalue weighted by Crippen LogP contribution is 2.28. The van der Waals surface area contributed by atoms with Crippen LogP contribution in [-0.2, 0) is 11.3 Å². The number of nitrogens with zero attached hydrogens (tertiary/aromatic N) is 2. The van der Waals surface area contributed by atoms with E-state index >= 15 is 0 Å². The fraction of sp³-hybridized carbons (Fsp3) is 0.529. The normalized spacial score (nSPS) is 21.6. The first-order valence-corrected chi connectivity index (χ1v) is 7.59. The van der Waals surface area contributed by atoms with Gasteiger partial charge in [0, 0.05) is 19.6 Å². The number of carbonyl (C=O) groups excluding carboxylic acids is 1. The van der Waals surface area contributed by atoms with Gasteiger partial charge in [0.1, 0.15) is 0 Å². The van der Waals surface area contributed by atoms with E-state index in [-0.39, 0.29) is 11.3 Å². The Balaban J connectivity index is 2.16. The predicted molar refractivity (Wildman–Crippen MR) is 82.5 cm³/mol. The number of amides is 1. The molecule has 1 unspecified atom stereocenters. The molecule has 1 aromatic rings. The lowest BCUT2D eigenvalue weighted by atomic mass is 9.81. The van der Waals surface area contributed by atoms with Crippen molar-refractivity contribution in [1.82, 2.24) is 10.2 Å². The smallest absolute Gasteiger partial charge is 0.230 e. The van der Waals surface area contributed by atoms with Crippen LogP contribution in [0.3, 0.4) is 0 Å². The summed E-state index contributed by atoms with van der Waals surface area (Å²) in [5.41, 5.74) is 1.24. The zero-order valence-electron chi connectivity index (χ0n) is 12.9. The van der Waals surface area contributed by atoms with E-state index in [9.17, 15) is 10.1 Å². The molecule has 4 nitrogen and oxygen atoms in total. The number of hydrogen-bond acceptors (Lipinski definition) is 3. The van der Waals surface area contributed by atoms with E-state index in [2.05, 4.69) is 11.4 Å². The Morgan fingerprint density at radius 2 is 2.24 bits per heavy atom. The Labute approximate surface area is 126 Å². The monoisotopic (exact) mass is 285 g/mol. The molecule has 1 fully saturated rings. The average molecular weight is 285 g/mol. The summed E-state index contributed by atoms with van der Waals surface area (Å²) in [6, 6.07) is 9.70. The van der Waals surface area contributed by atoms with Crippen LogP contribution in [0.2, 0.25) is 0 Å². The molecule has 1 atom stereocenters. The standard InChI is InChI=1S/C17H23N3O/c1-3-20(12-15-8-5-4-7-14(15)11-18)16(21)17(2)9-6-10-19-13-17/h4-5,7-8,19H,3,6,9-10,12-13H2,1-2H3. The van der Waals surface area contributed by atoms with Gasteiger partial charge in [-0.05, 0) is 44.9 Å². The second-order valence-corrected chi connectivity index (χ2v) is 5.93. The largest absolute Gasteiger partial charge is 0.338 e. The van der Waals surface area contributed by atoms with Crippen LogP contribution < -0.4 is 5.32 Å². The van der Waals surface area contributed by atoms with Gasteiger partial charge in [0.05, 0.1) is 17.0 Å². The van der Waals surface area contributed by atoms with Crippen LogP contribution in [0.1, 0.15) is 37.8 Å². The Morgan fingerprint density at radius 1 is 1.48 bits per heavy atom. The zero-order valence-corrected chi connectivity index (χ0v) is 12.9. The highest BCUT2D eigenvalue weighted by atomic mass is 16.2. The van der Waals surface area contributed by atoms with Crippen molar-refractivity contribution >= 4 is 5.91 Å². The molecule has 0 spiro atoms. The molecule has 0 saturated carbocycles. The summed E-state index contributed by atoms with van der Waals surface area (Å²) >= 11 is 0. The van der Waals surface area contributed by atoms with E-state index in [1.807, 2.05) is 36.9 Å². The van der Waals surface area contributed by atoms with Crippen LogP contribution in [0, 0.1) is 16.7 Å². The number of rotatable bonds is 4. The molecular formula is C17H23N3O. The van der Waals surface area contributed by atoms with Crippen molar-refractivity contribution in [2.24, 2.45) is 5.41 Å². The molecule has 0 bridgehead atoms. The molecule has 21 heavy (non-hydrogen) atoms. The first-order valence-electron chi connectivity index (χ1n) is 7.59. The third-order valence-corrected chi connectivity index (χ3v) is 4.28. The molecule has 0 radical (unpaired) electrons. The topological polar surface area (TPSA) is 56.1 Å². The highest BCUT2D eigenvalue weighted by molar-refractivity contribution is 5.82. The average Bonchev–Trinajstić information content (AvgIpc) is 2.53. The minimum atomic E-state index is -0.324. The maximum Gasteiger partial charge on any atom is 0.230 e. The molecular weight excluding hydrogens is 262 g/mol. The molecule has 1 heterocycles. The van der Waals surface area contributed by atoms with Crippen molar-refractivity contribution in [1.29, 1.82) is 5.26 Å². The summed E-state index contributed by atoms with van der Waals surface area (Å²) in [6.07, 6.45) is 1.96. The van der Waals surface area contributed by atoms with Crippen LogP contribution in [0.15, 0.2) is 24.3 Å². The Hall–Kier alpha value is -1.86. The molecule has 0 aromatic heterocycles. The van der Waals surface area contributed by atoms with E-state index in [0.29, 0.717) is 18.7 Å². The van der Waals surface area contributed by atoms with Crippen LogP contribution in [-0.4, -0.2) is 30.4 Å². The molecule has 4 heteroatoms. The van der Waals surface area contributed by atoms with Gasteiger partial charge in [-0.1, -0.05) is 18.2 Å². The molecule has 1 saturated heterocycles. The van der Waals surface area contributed by atoms with Crippen LogP contribution >= 0.6 is 0 Å². The molecule has 1 aromatic carbocycles. The van der Waals surface area contributed by atoms with Crippen LogP contribution in [0.4, 0.5) is 0 Å². The first kappa shape index (κ1) is 15.5. The van der Waals surface area contributed by atoms with Crippen molar-refractivity contribution in [3.63, 3.8) is 0 Å². The summed E-state index contributed by atoms with van der Waals surface area (Å²) < 4.78 is 0. The quantitative estimate of drug-likeness (QED) is 0.923. The lowest BCUT2D eigenvalue weighted by Gasteiger charge is -2.37. The summed E-state index contributed by atoms with van der Waals surface area (Å²) in [5, 5.41) is 12.5. The second kappa shape index (κ2) is 6.73. The minimum absolute atomic E-state index is 0.185. The number of nitrogens with one attached hydrogen (secondary N) is 1. The fourth-order valence-corrected chi connectivity index (χ4v) is 2.92. The fourth-order valence-electron chi connectivity index (χ4n) is 2.92. The Bertz CT molecular complexity index is 541. The van der Waals surface area contributed by atoms with Crippen LogP contribution in [0.25, 0.3) is 0 Å². The predicted octanol–water partition coefficient (Wildman–Crippen LogP) is 2.30. The van der Waals surface area contributed by atoms with Gasteiger partial charge in [0.15, 0.2) is 0 Å². The minimum Gasteiger partial charge on any atom is -0.338 e. The van der Waals surface area contributed by atoms with Gasteiger partial charge in [-0.3, -0.25) is 4.79 Å². The first-order chi connectivity index (χ1) is 10.1. The lowest BCUT2D eigenvalue weighted by molar-refractivity contribution is -0.142. The van der Waals surface area contributed by atoms with E-state index in [0.717, 1.165) is 31.5 Å². The SMILES string of the molecule is CCN(Cc1ccccc1C#N)C(=O)C1(C)CCCNC1. The lowest BCUT2D eigenvalue weighted by Crippen LogP contribution is -2.50. The third-order valence-electron chi connectivity index (χ3n) is 4.28. The van der Waals surface area contributed by atoms with E-state index in [1.165, 1.54) is 0 Å². The molecule has 0 aliphatic carbocycles. The number of hydrogen-bond donors (Lipinski definition) is 1. The third kappa shape index (κ3) is 3.43. The van der Waals surface area contributed by atoms with Gasteiger partial charge in [-0.25, -0.2) is 0 Å². The van der Waals surface area contributed by atoms with Gasteiger partial charge in [0.2, 0.25) is 5.91 Å². The van der Waals surface area contributed by atoms with Gasteiger partial charge in [0.25, 0.3) is 0 Å². The van der Waals surface area contributed by atoms with Crippen LogP contribution in [0.5, 0.6) is 0 Å². The molecule has 112 valence electrons. The maximum atomic E-state index is 12.9. The molecule has 1 amide bonds. The van der Waals surface area contributed by atoms with Gasteiger partial charge in [-0.15, -0.1) is 0 Å². The van der Waals surface area contributed by atoms with Crippen molar-refractivity contribution < 1.29 is 4.79 Å². The summed E-state index contributed by atoms with van der Waals surface area (Å²) in [7, 11) is 0. The second-order valence-electron chi connectivity index (χ2n) is 5.93. The van der Waals surface area contributed by atoms with E-state index in [4.69, 9.17) is 0 Å². The van der Waals surface area contributed by atoms with Crippen molar-refractivity contribution in [2.75, 3.05) is 19.6 Å². The summed E-state index contributed by atoms with van der Waals surface area (Å²) in [6.45, 7) is 6.93. The Morgan fingerprint density at radius 3 is 2.86 bits per heavy atom. The maximum absolute atomic E-state index is 12.9. The highest BCUT2D eigenvalue weighted by Gasteiger charge is 2.37. The molecule has 1 N–H and O–H groups in total. The number of nitriles is 1. The van der Waals surface area contributed by atoms with Crippen molar-refractivity contribution in [3.8, 4) is 6.07 Å². The van der Waals surface area contributed by atoms with Crippen molar-refractivity contribution in [3.05, 3.63) is 35.4 Å². The van der Waals surface area contributed by atoms with Gasteiger partial charge in [-0.2, -0.15) is 5.26 Å². The number of piperidine rings is 1. The zero-order chi connectivity index (χ0) is 15.3. The summed E-state index contributed by atoms with van der Waals surface area (Å²) in [4.78, 5) is 14.7. The summed E-state index contributed by atoms with van der Waals surface area (Å²) in [5.74, 6) is 0.185. The van der Waals surface area contributed by atoms with E-state index < -0.39 is 0 Å². The molecule has 1 aliphatic rings. The Kier molecular flexibility index (Phi) is 4.98. The molecule has 1 aliphatic heterocycles. The van der Waals surface area contributed by atoms with Gasteiger partial charge < -0.3 is 10.2 Å². The van der Waals surface area contributed by atoms with Crippen molar-refractivity contribution in [2.45, 2.75) is 33.2 Å². The van der Waals surface area contributed by atoms with E-state index in [1.54, 1.807) is 6.07 Å².